The summed E-state index contributed by atoms with van der Waals surface area (Å²) in [6.45, 7) is -0.181. The lowest BCUT2D eigenvalue weighted by Gasteiger charge is -2.01. The average Bonchev–Trinajstić information content (AvgIpc) is 2.03. The van der Waals surface area contributed by atoms with Gasteiger partial charge in [0.15, 0.2) is 5.78 Å². The Morgan fingerprint density at radius 1 is 1.54 bits per heavy atom. The number of halogens is 3. The molecule has 72 valence electrons. The van der Waals surface area contributed by atoms with Crippen LogP contribution in [0.4, 0.5) is 4.39 Å². The molecule has 0 unspecified atom stereocenters. The van der Waals surface area contributed by atoms with Crippen LogP contribution in [0.25, 0.3) is 0 Å². The third kappa shape index (κ3) is 2.76. The van der Waals surface area contributed by atoms with E-state index in [4.69, 9.17) is 5.73 Å². The molecule has 1 aromatic rings. The van der Waals surface area contributed by atoms with Gasteiger partial charge in [0.2, 0.25) is 0 Å². The van der Waals surface area contributed by atoms with Gasteiger partial charge in [-0.05, 0) is 28.1 Å². The van der Waals surface area contributed by atoms with E-state index in [1.165, 1.54) is 12.1 Å². The Bertz CT molecular complexity index is 299. The monoisotopic (exact) mass is 267 g/mol. The van der Waals surface area contributed by atoms with E-state index in [1.54, 1.807) is 6.07 Å². The lowest BCUT2D eigenvalue weighted by atomic mass is 10.1. The normalized spacial score (nSPS) is 9.15. The predicted molar refractivity (Wildman–Crippen MR) is 54.7 cm³/mol. The number of hydrogen-bond acceptors (Lipinski definition) is 2. The fraction of sp³-hybridized carbons (Fsp3) is 0.125. The number of carbonyl (C=O) groups excluding carboxylic acids is 1. The molecule has 0 atom stereocenters. The lowest BCUT2D eigenvalue weighted by Crippen LogP contribution is -2.15. The van der Waals surface area contributed by atoms with Crippen LogP contribution in [0.15, 0.2) is 22.7 Å². The summed E-state index contributed by atoms with van der Waals surface area (Å²) < 4.78 is 13.4. The molecule has 0 aliphatic carbocycles. The molecule has 0 aliphatic heterocycles. The zero-order valence-electron chi connectivity index (χ0n) is 6.59. The van der Waals surface area contributed by atoms with Crippen molar-refractivity contribution in [1.82, 2.24) is 0 Å². The molecule has 0 radical (unpaired) electrons. The van der Waals surface area contributed by atoms with E-state index < -0.39 is 11.6 Å². The van der Waals surface area contributed by atoms with Crippen molar-refractivity contribution in [2.24, 2.45) is 5.73 Å². The van der Waals surface area contributed by atoms with Gasteiger partial charge in [-0.3, -0.25) is 4.79 Å². The van der Waals surface area contributed by atoms with E-state index in [1.807, 2.05) is 0 Å². The SMILES string of the molecule is Cl.NCC(=O)c1c(F)cccc1Br. The van der Waals surface area contributed by atoms with Crippen molar-refractivity contribution in [3.63, 3.8) is 0 Å². The van der Waals surface area contributed by atoms with Crippen molar-refractivity contribution in [3.8, 4) is 0 Å². The highest BCUT2D eigenvalue weighted by Crippen LogP contribution is 2.19. The van der Waals surface area contributed by atoms with Crippen LogP contribution in [0, 0.1) is 5.82 Å². The summed E-state index contributed by atoms with van der Waals surface area (Å²) in [5, 5.41) is 0. The number of benzene rings is 1. The number of nitrogens with two attached hydrogens (primary N) is 1. The van der Waals surface area contributed by atoms with Crippen molar-refractivity contribution in [3.05, 3.63) is 34.1 Å². The molecule has 5 heteroatoms. The van der Waals surface area contributed by atoms with Gasteiger partial charge in [-0.15, -0.1) is 12.4 Å². The van der Waals surface area contributed by atoms with Crippen LogP contribution in [-0.2, 0) is 0 Å². The van der Waals surface area contributed by atoms with Crippen LogP contribution in [-0.4, -0.2) is 12.3 Å². The maximum atomic E-state index is 13.0. The zero-order chi connectivity index (χ0) is 9.14. The van der Waals surface area contributed by atoms with E-state index in [2.05, 4.69) is 15.9 Å². The first-order valence-corrected chi connectivity index (χ1v) is 4.13. The standard InChI is InChI=1S/C8H7BrFNO.ClH/c9-5-2-1-3-6(10)8(5)7(12)4-11;/h1-3H,4,11H2;1H. The fourth-order valence-electron chi connectivity index (χ4n) is 0.866. The minimum absolute atomic E-state index is 0. The number of hydrogen-bond donors (Lipinski definition) is 1. The Kier molecular flexibility index (Phi) is 5.13. The van der Waals surface area contributed by atoms with Crippen LogP contribution in [0.3, 0.4) is 0 Å². The number of carbonyl (C=O) groups is 1. The van der Waals surface area contributed by atoms with E-state index in [9.17, 15) is 9.18 Å². The minimum atomic E-state index is -0.542. The summed E-state index contributed by atoms with van der Waals surface area (Å²) in [6.07, 6.45) is 0. The van der Waals surface area contributed by atoms with Gasteiger partial charge >= 0.3 is 0 Å². The molecule has 0 spiro atoms. The Hall–Kier alpha value is -0.450. The molecule has 1 rings (SSSR count). The second-order valence-electron chi connectivity index (χ2n) is 2.22. The first-order valence-electron chi connectivity index (χ1n) is 3.34. The average molecular weight is 269 g/mol. The summed E-state index contributed by atoms with van der Waals surface area (Å²) in [6, 6.07) is 4.35. The van der Waals surface area contributed by atoms with Crippen molar-refractivity contribution >= 4 is 34.1 Å². The largest absolute Gasteiger partial charge is 0.324 e. The van der Waals surface area contributed by atoms with E-state index in [-0.39, 0.29) is 24.5 Å². The second-order valence-corrected chi connectivity index (χ2v) is 3.08. The van der Waals surface area contributed by atoms with Crippen molar-refractivity contribution in [1.29, 1.82) is 0 Å². The molecule has 0 saturated heterocycles. The molecule has 0 bridgehead atoms. The van der Waals surface area contributed by atoms with Gasteiger partial charge in [0.1, 0.15) is 5.82 Å². The van der Waals surface area contributed by atoms with Gasteiger partial charge in [0, 0.05) is 4.47 Å². The maximum Gasteiger partial charge on any atom is 0.180 e. The Labute approximate surface area is 89.8 Å². The van der Waals surface area contributed by atoms with Crippen LogP contribution >= 0.6 is 28.3 Å². The van der Waals surface area contributed by atoms with Gasteiger partial charge in [0.25, 0.3) is 0 Å². The lowest BCUT2D eigenvalue weighted by molar-refractivity contribution is 0.0997. The molecule has 2 nitrogen and oxygen atoms in total. The van der Waals surface area contributed by atoms with Crippen LogP contribution in [0.2, 0.25) is 0 Å². The summed E-state index contributed by atoms with van der Waals surface area (Å²) in [7, 11) is 0. The first kappa shape index (κ1) is 12.6. The highest BCUT2D eigenvalue weighted by molar-refractivity contribution is 9.10. The van der Waals surface area contributed by atoms with Crippen LogP contribution < -0.4 is 5.73 Å². The molecule has 0 saturated carbocycles. The summed E-state index contributed by atoms with van der Waals surface area (Å²) in [5.74, 6) is -0.945. The van der Waals surface area contributed by atoms with E-state index >= 15 is 0 Å². The van der Waals surface area contributed by atoms with Gasteiger partial charge < -0.3 is 5.73 Å². The number of rotatable bonds is 2. The predicted octanol–water partition coefficient (Wildman–Crippen LogP) is 2.15. The van der Waals surface area contributed by atoms with Crippen molar-refractivity contribution in [2.45, 2.75) is 0 Å². The highest BCUT2D eigenvalue weighted by atomic mass is 79.9. The molecule has 0 aliphatic rings. The van der Waals surface area contributed by atoms with E-state index in [0.29, 0.717) is 4.47 Å². The molecular formula is C8H8BrClFNO. The Morgan fingerprint density at radius 2 is 2.15 bits per heavy atom. The van der Waals surface area contributed by atoms with Gasteiger partial charge in [-0.2, -0.15) is 0 Å². The molecular weight excluding hydrogens is 260 g/mol. The molecule has 0 heterocycles. The highest BCUT2D eigenvalue weighted by Gasteiger charge is 2.12. The fourth-order valence-corrected chi connectivity index (χ4v) is 1.43. The Morgan fingerprint density at radius 3 is 2.62 bits per heavy atom. The third-order valence-electron chi connectivity index (χ3n) is 1.43. The van der Waals surface area contributed by atoms with Gasteiger partial charge in [0.05, 0.1) is 12.1 Å². The van der Waals surface area contributed by atoms with Crippen molar-refractivity contribution in [2.75, 3.05) is 6.54 Å². The second kappa shape index (κ2) is 5.32. The van der Waals surface area contributed by atoms with Crippen LogP contribution in [0.5, 0.6) is 0 Å². The van der Waals surface area contributed by atoms with Gasteiger partial charge in [-0.1, -0.05) is 6.07 Å². The summed E-state index contributed by atoms with van der Waals surface area (Å²) in [4.78, 5) is 11.1. The van der Waals surface area contributed by atoms with Crippen molar-refractivity contribution < 1.29 is 9.18 Å². The smallest absolute Gasteiger partial charge is 0.180 e. The van der Waals surface area contributed by atoms with E-state index in [0.717, 1.165) is 0 Å². The topological polar surface area (TPSA) is 43.1 Å². The Balaban J connectivity index is 0.00000144. The molecule has 2 N–H and O–H groups in total. The quantitative estimate of drug-likeness (QED) is 0.835. The van der Waals surface area contributed by atoms with Crippen LogP contribution in [0.1, 0.15) is 10.4 Å². The maximum absolute atomic E-state index is 13.0. The minimum Gasteiger partial charge on any atom is -0.324 e. The first-order chi connectivity index (χ1) is 5.66. The number of ketones is 1. The molecule has 0 amide bonds. The molecule has 13 heavy (non-hydrogen) atoms. The molecule has 0 aromatic heterocycles. The number of Topliss-reactive ketones (excluding diaryl/α,β-unsaturated/α-hetero) is 1. The molecule has 1 aromatic carbocycles. The van der Waals surface area contributed by atoms with Gasteiger partial charge in [-0.25, -0.2) is 4.39 Å². The molecule has 0 fully saturated rings. The summed E-state index contributed by atoms with van der Waals surface area (Å²) in [5.41, 5.74) is 5.13. The summed E-state index contributed by atoms with van der Waals surface area (Å²) >= 11 is 3.07. The third-order valence-corrected chi connectivity index (χ3v) is 2.09. The zero-order valence-corrected chi connectivity index (χ0v) is 8.99.